The summed E-state index contributed by atoms with van der Waals surface area (Å²) in [5.41, 5.74) is 0.248. The highest BCUT2D eigenvalue weighted by Crippen LogP contribution is 2.22. The SMILES string of the molecule is COc1ccc2[nH]cc(S(=O)(=O)c3ccc(C#N)cc3)c(=O)c2c1. The number of benzene rings is 2. The van der Waals surface area contributed by atoms with Crippen molar-refractivity contribution in [1.82, 2.24) is 4.98 Å². The first kappa shape index (κ1) is 15.8. The van der Waals surface area contributed by atoms with E-state index in [1.807, 2.05) is 6.07 Å². The highest BCUT2D eigenvalue weighted by Gasteiger charge is 2.22. The highest BCUT2D eigenvalue weighted by molar-refractivity contribution is 7.91. The minimum Gasteiger partial charge on any atom is -0.497 e. The van der Waals surface area contributed by atoms with Crippen LogP contribution in [0.25, 0.3) is 10.9 Å². The molecule has 120 valence electrons. The minimum absolute atomic E-state index is 0.0470. The molecule has 0 atom stereocenters. The zero-order valence-corrected chi connectivity index (χ0v) is 13.4. The van der Waals surface area contributed by atoms with Crippen molar-refractivity contribution >= 4 is 20.7 Å². The van der Waals surface area contributed by atoms with Crippen molar-refractivity contribution < 1.29 is 13.2 Å². The molecule has 0 spiro atoms. The monoisotopic (exact) mass is 340 g/mol. The fourth-order valence-corrected chi connectivity index (χ4v) is 3.66. The maximum Gasteiger partial charge on any atom is 0.211 e. The summed E-state index contributed by atoms with van der Waals surface area (Å²) in [5.74, 6) is 0.459. The van der Waals surface area contributed by atoms with Crippen molar-refractivity contribution in [3.8, 4) is 11.8 Å². The molecule has 24 heavy (non-hydrogen) atoms. The lowest BCUT2D eigenvalue weighted by atomic mass is 10.2. The third kappa shape index (κ3) is 2.53. The van der Waals surface area contributed by atoms with Gasteiger partial charge in [-0.05, 0) is 42.5 Å². The molecule has 0 fully saturated rings. The van der Waals surface area contributed by atoms with Gasteiger partial charge in [0.1, 0.15) is 10.6 Å². The van der Waals surface area contributed by atoms with Gasteiger partial charge in [-0.25, -0.2) is 8.42 Å². The fraction of sp³-hybridized carbons (Fsp3) is 0.0588. The number of nitrogens with zero attached hydrogens (tertiary/aromatic N) is 1. The first-order valence-corrected chi connectivity index (χ1v) is 8.40. The molecule has 3 rings (SSSR count). The predicted octanol–water partition coefficient (Wildman–Crippen LogP) is 2.24. The maximum absolute atomic E-state index is 12.7. The van der Waals surface area contributed by atoms with Gasteiger partial charge in [-0.3, -0.25) is 4.79 Å². The molecule has 2 aromatic carbocycles. The van der Waals surface area contributed by atoms with Gasteiger partial charge in [-0.2, -0.15) is 5.26 Å². The average Bonchev–Trinajstić information content (AvgIpc) is 2.61. The van der Waals surface area contributed by atoms with E-state index in [1.54, 1.807) is 12.1 Å². The highest BCUT2D eigenvalue weighted by atomic mass is 32.2. The summed E-state index contributed by atoms with van der Waals surface area (Å²) in [5, 5.41) is 9.02. The lowest BCUT2D eigenvalue weighted by Crippen LogP contribution is -2.16. The number of rotatable bonds is 3. The molecule has 0 aliphatic heterocycles. The number of methoxy groups -OCH3 is 1. The van der Waals surface area contributed by atoms with Crippen molar-refractivity contribution in [3.05, 3.63) is 64.4 Å². The van der Waals surface area contributed by atoms with Crippen LogP contribution < -0.4 is 10.2 Å². The molecule has 0 saturated heterocycles. The molecule has 0 aliphatic rings. The Labute approximate surface area is 137 Å². The van der Waals surface area contributed by atoms with E-state index in [9.17, 15) is 13.2 Å². The maximum atomic E-state index is 12.7. The topological polar surface area (TPSA) is 100 Å². The van der Waals surface area contributed by atoms with Crippen LogP contribution in [0.1, 0.15) is 5.56 Å². The molecule has 3 aromatic rings. The molecule has 7 heteroatoms. The molecule has 0 saturated carbocycles. The van der Waals surface area contributed by atoms with Gasteiger partial charge in [0.15, 0.2) is 0 Å². The van der Waals surface area contributed by atoms with Crippen LogP contribution in [0.4, 0.5) is 0 Å². The summed E-state index contributed by atoms with van der Waals surface area (Å²) in [6.45, 7) is 0. The second-order valence-electron chi connectivity index (χ2n) is 5.03. The quantitative estimate of drug-likeness (QED) is 0.788. The van der Waals surface area contributed by atoms with Gasteiger partial charge < -0.3 is 9.72 Å². The van der Waals surface area contributed by atoms with Gasteiger partial charge in [0.05, 0.1) is 29.0 Å². The van der Waals surface area contributed by atoms with E-state index in [2.05, 4.69) is 4.98 Å². The van der Waals surface area contributed by atoms with E-state index in [0.717, 1.165) is 0 Å². The molecule has 0 aliphatic carbocycles. The Bertz CT molecular complexity index is 1120. The Balaban J connectivity index is 2.22. The average molecular weight is 340 g/mol. The van der Waals surface area contributed by atoms with Gasteiger partial charge in [0, 0.05) is 11.7 Å². The number of hydrogen-bond acceptors (Lipinski definition) is 5. The standard InChI is InChI=1S/C17H12N2O4S/c1-23-12-4-7-15-14(8-12)17(20)16(10-19-15)24(21,22)13-5-2-11(9-18)3-6-13/h2-8,10H,1H3,(H,19,20). The summed E-state index contributed by atoms with van der Waals surface area (Å²) in [6, 6.07) is 12.1. The zero-order valence-electron chi connectivity index (χ0n) is 12.6. The molecule has 0 amide bonds. The van der Waals surface area contributed by atoms with E-state index in [4.69, 9.17) is 10.00 Å². The predicted molar refractivity (Wildman–Crippen MR) is 87.7 cm³/mol. The van der Waals surface area contributed by atoms with E-state index >= 15 is 0 Å². The lowest BCUT2D eigenvalue weighted by Gasteiger charge is -2.07. The zero-order chi connectivity index (χ0) is 17.3. The van der Waals surface area contributed by atoms with Gasteiger partial charge in [0.2, 0.25) is 15.3 Å². The first-order chi connectivity index (χ1) is 11.5. The summed E-state index contributed by atoms with van der Waals surface area (Å²) in [7, 11) is -2.53. The van der Waals surface area contributed by atoms with Crippen LogP contribution in [0.3, 0.4) is 0 Å². The normalized spacial score (nSPS) is 11.2. The van der Waals surface area contributed by atoms with Crippen molar-refractivity contribution in [2.75, 3.05) is 7.11 Å². The number of hydrogen-bond donors (Lipinski definition) is 1. The van der Waals surface area contributed by atoms with Crippen molar-refractivity contribution in [2.24, 2.45) is 0 Å². The molecule has 0 unspecified atom stereocenters. The van der Waals surface area contributed by atoms with Crippen LogP contribution in [0.15, 0.2) is 63.2 Å². The third-order valence-corrected chi connectivity index (χ3v) is 5.41. The van der Waals surface area contributed by atoms with Crippen molar-refractivity contribution in [3.63, 3.8) is 0 Å². The van der Waals surface area contributed by atoms with Gasteiger partial charge in [-0.1, -0.05) is 0 Å². The molecule has 1 aromatic heterocycles. The molecule has 0 bridgehead atoms. The fourth-order valence-electron chi connectivity index (χ4n) is 2.34. The molecule has 1 N–H and O–H groups in total. The number of ether oxygens (including phenoxy) is 1. The summed E-state index contributed by atoms with van der Waals surface area (Å²) in [6.07, 6.45) is 1.19. The summed E-state index contributed by atoms with van der Waals surface area (Å²) in [4.78, 5) is 15.1. The number of pyridine rings is 1. The summed E-state index contributed by atoms with van der Waals surface area (Å²) < 4.78 is 30.5. The lowest BCUT2D eigenvalue weighted by molar-refractivity contribution is 0.415. The number of nitriles is 1. The summed E-state index contributed by atoms with van der Waals surface area (Å²) >= 11 is 0. The molecule has 1 heterocycles. The Morgan fingerprint density at radius 3 is 2.46 bits per heavy atom. The smallest absolute Gasteiger partial charge is 0.211 e. The van der Waals surface area contributed by atoms with E-state index in [1.165, 1.54) is 43.6 Å². The number of aromatic nitrogens is 1. The van der Waals surface area contributed by atoms with Crippen LogP contribution in [0, 0.1) is 11.3 Å². The van der Waals surface area contributed by atoms with E-state index < -0.39 is 15.3 Å². The van der Waals surface area contributed by atoms with Gasteiger partial charge in [0.25, 0.3) is 0 Å². The Morgan fingerprint density at radius 1 is 1.12 bits per heavy atom. The Hall–Kier alpha value is -3.11. The third-order valence-electron chi connectivity index (χ3n) is 3.64. The minimum atomic E-state index is -4.00. The number of nitrogens with one attached hydrogen (secondary N) is 1. The molecular formula is C17H12N2O4S. The Morgan fingerprint density at radius 2 is 1.83 bits per heavy atom. The van der Waals surface area contributed by atoms with Crippen molar-refractivity contribution in [2.45, 2.75) is 9.79 Å². The number of sulfone groups is 1. The van der Waals surface area contributed by atoms with Gasteiger partial charge >= 0.3 is 0 Å². The van der Waals surface area contributed by atoms with Crippen LogP contribution in [0.2, 0.25) is 0 Å². The van der Waals surface area contributed by atoms with Crippen LogP contribution in [-0.2, 0) is 9.84 Å². The van der Waals surface area contributed by atoms with Gasteiger partial charge in [-0.15, -0.1) is 0 Å². The number of H-pyrrole nitrogens is 1. The van der Waals surface area contributed by atoms with Crippen LogP contribution in [-0.4, -0.2) is 20.5 Å². The Kier molecular flexibility index (Phi) is 3.83. The molecular weight excluding hydrogens is 328 g/mol. The van der Waals surface area contributed by atoms with E-state index in [-0.39, 0.29) is 15.2 Å². The molecule has 0 radical (unpaired) electrons. The number of aromatic amines is 1. The van der Waals surface area contributed by atoms with E-state index in [0.29, 0.717) is 16.8 Å². The number of fused-ring (bicyclic) bond motifs is 1. The van der Waals surface area contributed by atoms with Crippen LogP contribution >= 0.6 is 0 Å². The van der Waals surface area contributed by atoms with Crippen LogP contribution in [0.5, 0.6) is 5.75 Å². The first-order valence-electron chi connectivity index (χ1n) is 6.92. The largest absolute Gasteiger partial charge is 0.497 e. The second kappa shape index (κ2) is 5.83. The van der Waals surface area contributed by atoms with Crippen molar-refractivity contribution in [1.29, 1.82) is 5.26 Å². The molecule has 6 nitrogen and oxygen atoms in total. The second-order valence-corrected chi connectivity index (χ2v) is 6.95.